The minimum atomic E-state index is -0.0642. The molecule has 1 aliphatic heterocycles. The summed E-state index contributed by atoms with van der Waals surface area (Å²) in [4.78, 5) is 25.8. The van der Waals surface area contributed by atoms with Gasteiger partial charge < -0.3 is 15.0 Å². The molecule has 1 aliphatic carbocycles. The van der Waals surface area contributed by atoms with Gasteiger partial charge >= 0.3 is 0 Å². The highest BCUT2D eigenvalue weighted by atomic mass is 16.5. The maximum atomic E-state index is 12.1. The lowest BCUT2D eigenvalue weighted by molar-refractivity contribution is -0.126. The Labute approximate surface area is 130 Å². The van der Waals surface area contributed by atoms with Gasteiger partial charge in [-0.3, -0.25) is 9.59 Å². The van der Waals surface area contributed by atoms with Crippen molar-refractivity contribution in [2.24, 2.45) is 5.92 Å². The predicted molar refractivity (Wildman–Crippen MR) is 83.9 cm³/mol. The van der Waals surface area contributed by atoms with Gasteiger partial charge in [0.05, 0.1) is 5.69 Å². The highest BCUT2D eigenvalue weighted by Crippen LogP contribution is 2.31. The minimum Gasteiger partial charge on any atom is -0.482 e. The molecule has 2 amide bonds. The van der Waals surface area contributed by atoms with Crippen molar-refractivity contribution in [3.05, 3.63) is 24.3 Å². The third kappa shape index (κ3) is 3.24. The summed E-state index contributed by atoms with van der Waals surface area (Å²) in [6.07, 6.45) is 5.51. The molecule has 2 aliphatic rings. The van der Waals surface area contributed by atoms with E-state index in [1.165, 1.54) is 6.42 Å². The molecule has 118 valence electrons. The summed E-state index contributed by atoms with van der Waals surface area (Å²) in [5.41, 5.74) is 0.783. The van der Waals surface area contributed by atoms with Gasteiger partial charge in [0, 0.05) is 19.0 Å². The number of hydrogen-bond acceptors (Lipinski definition) is 3. The number of carbonyl (C=O) groups excluding carboxylic acids is 2. The Hall–Kier alpha value is -2.04. The van der Waals surface area contributed by atoms with Crippen LogP contribution in [0.2, 0.25) is 0 Å². The zero-order valence-corrected chi connectivity index (χ0v) is 12.7. The Kier molecular flexibility index (Phi) is 4.61. The number of para-hydroxylation sites is 2. The molecule has 22 heavy (non-hydrogen) atoms. The van der Waals surface area contributed by atoms with Crippen LogP contribution in [-0.4, -0.2) is 31.5 Å². The zero-order chi connectivity index (χ0) is 15.4. The van der Waals surface area contributed by atoms with Gasteiger partial charge in [0.2, 0.25) is 5.91 Å². The van der Waals surface area contributed by atoms with Crippen LogP contribution in [0.4, 0.5) is 5.69 Å². The van der Waals surface area contributed by atoms with E-state index in [0.29, 0.717) is 13.1 Å². The summed E-state index contributed by atoms with van der Waals surface area (Å²) in [6, 6.07) is 7.50. The molecule has 1 saturated carbocycles. The van der Waals surface area contributed by atoms with Gasteiger partial charge in [-0.2, -0.15) is 0 Å². The zero-order valence-electron chi connectivity index (χ0n) is 12.7. The maximum Gasteiger partial charge on any atom is 0.265 e. The first-order valence-corrected chi connectivity index (χ1v) is 8.05. The molecule has 5 heteroatoms. The van der Waals surface area contributed by atoms with Crippen LogP contribution >= 0.6 is 0 Å². The molecule has 1 aromatic carbocycles. The fourth-order valence-corrected chi connectivity index (χ4v) is 3.20. The summed E-state index contributed by atoms with van der Waals surface area (Å²) in [6.45, 7) is 1.03. The van der Waals surface area contributed by atoms with E-state index in [-0.39, 0.29) is 24.3 Å². The van der Waals surface area contributed by atoms with Crippen LogP contribution in [0.25, 0.3) is 0 Å². The quantitative estimate of drug-likeness (QED) is 0.926. The number of nitrogens with one attached hydrogen (secondary N) is 1. The Morgan fingerprint density at radius 3 is 2.82 bits per heavy atom. The van der Waals surface area contributed by atoms with Crippen molar-refractivity contribution in [2.75, 3.05) is 24.6 Å². The molecule has 0 radical (unpaired) electrons. The van der Waals surface area contributed by atoms with Crippen molar-refractivity contribution >= 4 is 17.5 Å². The van der Waals surface area contributed by atoms with E-state index in [1.807, 2.05) is 24.3 Å². The SMILES string of the molecule is O=C(NCCN1C(=O)COc2ccccc21)C1CCCCC1. The van der Waals surface area contributed by atoms with E-state index in [1.54, 1.807) is 4.90 Å². The third-order valence-electron chi connectivity index (χ3n) is 4.42. The van der Waals surface area contributed by atoms with E-state index in [0.717, 1.165) is 37.1 Å². The molecule has 1 N–H and O–H groups in total. The summed E-state index contributed by atoms with van der Waals surface area (Å²) < 4.78 is 5.41. The number of benzene rings is 1. The van der Waals surface area contributed by atoms with Gasteiger partial charge in [-0.05, 0) is 25.0 Å². The molecular weight excluding hydrogens is 280 g/mol. The molecule has 0 unspecified atom stereocenters. The molecule has 1 fully saturated rings. The molecule has 0 atom stereocenters. The Morgan fingerprint density at radius 1 is 1.23 bits per heavy atom. The molecule has 0 bridgehead atoms. The van der Waals surface area contributed by atoms with Crippen molar-refractivity contribution in [1.29, 1.82) is 0 Å². The van der Waals surface area contributed by atoms with Gasteiger partial charge in [-0.15, -0.1) is 0 Å². The van der Waals surface area contributed by atoms with Gasteiger partial charge in [0.15, 0.2) is 6.61 Å². The fraction of sp³-hybridized carbons (Fsp3) is 0.529. The second-order valence-electron chi connectivity index (χ2n) is 5.93. The average molecular weight is 302 g/mol. The molecule has 1 aromatic rings. The highest BCUT2D eigenvalue weighted by Gasteiger charge is 2.25. The molecule has 5 nitrogen and oxygen atoms in total. The predicted octanol–water partition coefficient (Wildman–Crippen LogP) is 2.11. The standard InChI is InChI=1S/C17H22N2O3/c20-16-12-22-15-9-5-4-8-14(15)19(16)11-10-18-17(21)13-6-2-1-3-7-13/h4-5,8-9,13H,1-3,6-7,10-12H2,(H,18,21). The van der Waals surface area contributed by atoms with E-state index >= 15 is 0 Å². The first-order valence-electron chi connectivity index (χ1n) is 8.05. The highest BCUT2D eigenvalue weighted by molar-refractivity contribution is 5.97. The average Bonchev–Trinajstić information content (AvgIpc) is 2.57. The largest absolute Gasteiger partial charge is 0.482 e. The normalized spacial score (nSPS) is 18.5. The second-order valence-corrected chi connectivity index (χ2v) is 5.93. The van der Waals surface area contributed by atoms with Crippen LogP contribution < -0.4 is 15.0 Å². The minimum absolute atomic E-state index is 0.0631. The molecular formula is C17H22N2O3. The topological polar surface area (TPSA) is 58.6 Å². The van der Waals surface area contributed by atoms with Crippen LogP contribution in [0.1, 0.15) is 32.1 Å². The lowest BCUT2D eigenvalue weighted by Crippen LogP contribution is -2.44. The van der Waals surface area contributed by atoms with Crippen LogP contribution in [0.15, 0.2) is 24.3 Å². The number of rotatable bonds is 4. The third-order valence-corrected chi connectivity index (χ3v) is 4.42. The monoisotopic (exact) mass is 302 g/mol. The second kappa shape index (κ2) is 6.81. The number of ether oxygens (including phenoxy) is 1. The molecule has 0 saturated heterocycles. The fourth-order valence-electron chi connectivity index (χ4n) is 3.20. The van der Waals surface area contributed by atoms with Crippen LogP contribution in [-0.2, 0) is 9.59 Å². The van der Waals surface area contributed by atoms with Gasteiger partial charge in [0.1, 0.15) is 5.75 Å². The summed E-state index contributed by atoms with van der Waals surface area (Å²) in [5, 5.41) is 2.98. The first kappa shape index (κ1) is 14.9. The number of fused-ring (bicyclic) bond motifs is 1. The summed E-state index contributed by atoms with van der Waals surface area (Å²) >= 11 is 0. The van der Waals surface area contributed by atoms with Crippen molar-refractivity contribution < 1.29 is 14.3 Å². The molecule has 3 rings (SSSR count). The number of nitrogens with zero attached hydrogens (tertiary/aromatic N) is 1. The van der Waals surface area contributed by atoms with Crippen molar-refractivity contribution in [1.82, 2.24) is 5.32 Å². The van der Waals surface area contributed by atoms with E-state index in [9.17, 15) is 9.59 Å². The number of anilines is 1. The smallest absolute Gasteiger partial charge is 0.265 e. The van der Waals surface area contributed by atoms with Crippen molar-refractivity contribution in [2.45, 2.75) is 32.1 Å². The number of carbonyl (C=O) groups is 2. The molecule has 1 heterocycles. The Balaban J connectivity index is 1.55. The number of hydrogen-bond donors (Lipinski definition) is 1. The first-order chi connectivity index (χ1) is 10.8. The Bertz CT molecular complexity index is 553. The van der Waals surface area contributed by atoms with Crippen molar-refractivity contribution in [3.8, 4) is 5.75 Å². The van der Waals surface area contributed by atoms with E-state index in [2.05, 4.69) is 5.32 Å². The maximum absolute atomic E-state index is 12.1. The van der Waals surface area contributed by atoms with Crippen LogP contribution in [0.3, 0.4) is 0 Å². The van der Waals surface area contributed by atoms with Gasteiger partial charge in [-0.1, -0.05) is 31.4 Å². The lowest BCUT2D eigenvalue weighted by atomic mass is 9.89. The summed E-state index contributed by atoms with van der Waals surface area (Å²) in [5.74, 6) is 0.946. The molecule has 0 aromatic heterocycles. The van der Waals surface area contributed by atoms with E-state index in [4.69, 9.17) is 4.74 Å². The van der Waals surface area contributed by atoms with Gasteiger partial charge in [-0.25, -0.2) is 0 Å². The lowest BCUT2D eigenvalue weighted by Gasteiger charge is -2.29. The van der Waals surface area contributed by atoms with E-state index < -0.39 is 0 Å². The van der Waals surface area contributed by atoms with Crippen molar-refractivity contribution in [3.63, 3.8) is 0 Å². The Morgan fingerprint density at radius 2 is 2.00 bits per heavy atom. The van der Waals surface area contributed by atoms with Crippen LogP contribution in [0, 0.1) is 5.92 Å². The van der Waals surface area contributed by atoms with Gasteiger partial charge in [0.25, 0.3) is 5.91 Å². The van der Waals surface area contributed by atoms with Crippen LogP contribution in [0.5, 0.6) is 5.75 Å². The summed E-state index contributed by atoms with van der Waals surface area (Å²) in [7, 11) is 0. The molecule has 0 spiro atoms. The number of amides is 2.